The van der Waals surface area contributed by atoms with Crippen molar-refractivity contribution >= 4 is 14.5 Å². The fraction of sp³-hybridized carbons (Fsp3) is 0.111. The number of ether oxygens (including phenoxy) is 1. The highest BCUT2D eigenvalue weighted by Crippen LogP contribution is 2.20. The molecule has 0 radical (unpaired) electrons. The van der Waals surface area contributed by atoms with Crippen LogP contribution in [0.15, 0.2) is 65.5 Å². The zero-order valence-electron chi connectivity index (χ0n) is 12.8. The third-order valence-corrected chi connectivity index (χ3v) is 4.05. The van der Waals surface area contributed by atoms with Crippen molar-refractivity contribution < 1.29 is 4.74 Å². The lowest BCUT2D eigenvalue weighted by Gasteiger charge is -2.10. The summed E-state index contributed by atoms with van der Waals surface area (Å²) < 4.78 is 6.70. The number of hydrogen-bond donors (Lipinski definition) is 0. The Bertz CT molecular complexity index is 876. The molecule has 0 fully saturated rings. The summed E-state index contributed by atoms with van der Waals surface area (Å²) in [7, 11) is 4.32. The first-order valence-corrected chi connectivity index (χ1v) is 7.81. The largest absolute Gasteiger partial charge is 0.497 e. The second kappa shape index (κ2) is 6.76. The lowest BCUT2D eigenvalue weighted by molar-refractivity contribution is 0.415. The van der Waals surface area contributed by atoms with Crippen molar-refractivity contribution in [3.05, 3.63) is 76.6 Å². The zero-order chi connectivity index (χ0) is 16.2. The Morgan fingerprint density at radius 3 is 2.57 bits per heavy atom. The van der Waals surface area contributed by atoms with Crippen LogP contribution in [-0.2, 0) is 6.54 Å². The normalized spacial score (nSPS) is 10.5. The molecule has 0 aliphatic rings. The maximum atomic E-state index is 12.1. The smallest absolute Gasteiger partial charge is 0.267 e. The van der Waals surface area contributed by atoms with E-state index < -0.39 is 0 Å². The molecule has 0 bridgehead atoms. The summed E-state index contributed by atoms with van der Waals surface area (Å²) in [6.45, 7) is 0.454. The van der Waals surface area contributed by atoms with Gasteiger partial charge >= 0.3 is 0 Å². The van der Waals surface area contributed by atoms with E-state index in [2.05, 4.69) is 14.3 Å². The summed E-state index contributed by atoms with van der Waals surface area (Å²) in [6.07, 6.45) is 0. The number of hydrogen-bond acceptors (Lipinski definition) is 3. The number of rotatable bonds is 4. The summed E-state index contributed by atoms with van der Waals surface area (Å²) in [4.78, 5) is 12.1. The number of methoxy groups -OCH3 is 1. The molecule has 0 aliphatic heterocycles. The minimum atomic E-state index is -0.114. The first-order chi connectivity index (χ1) is 11.2. The van der Waals surface area contributed by atoms with Gasteiger partial charge in [0.05, 0.1) is 19.3 Å². The third kappa shape index (κ3) is 3.49. The molecule has 23 heavy (non-hydrogen) atoms. The van der Waals surface area contributed by atoms with E-state index in [1.165, 1.54) is 4.68 Å². The molecule has 5 heteroatoms. The molecule has 1 aromatic heterocycles. The van der Waals surface area contributed by atoms with Crippen LogP contribution in [0.25, 0.3) is 11.3 Å². The van der Waals surface area contributed by atoms with Gasteiger partial charge in [0.2, 0.25) is 0 Å². The van der Waals surface area contributed by atoms with Gasteiger partial charge in [0.1, 0.15) is 5.75 Å². The van der Waals surface area contributed by atoms with Crippen molar-refractivity contribution in [3.63, 3.8) is 0 Å². The first-order valence-electron chi connectivity index (χ1n) is 7.23. The fourth-order valence-corrected chi connectivity index (χ4v) is 2.77. The minimum Gasteiger partial charge on any atom is -0.497 e. The molecule has 1 atom stereocenters. The van der Waals surface area contributed by atoms with Crippen LogP contribution < -0.4 is 15.6 Å². The highest BCUT2D eigenvalue weighted by Gasteiger charge is 2.08. The zero-order valence-corrected chi connectivity index (χ0v) is 13.9. The van der Waals surface area contributed by atoms with Gasteiger partial charge in [0, 0.05) is 11.6 Å². The van der Waals surface area contributed by atoms with Crippen LogP contribution in [0.4, 0.5) is 0 Å². The molecule has 0 N–H and O–H groups in total. The van der Waals surface area contributed by atoms with E-state index in [1.54, 1.807) is 19.2 Å². The summed E-state index contributed by atoms with van der Waals surface area (Å²) in [5.41, 5.74) is 2.64. The molecule has 0 amide bonds. The molecule has 0 saturated carbocycles. The quantitative estimate of drug-likeness (QED) is 0.693. The molecule has 0 spiro atoms. The molecule has 0 saturated heterocycles. The predicted molar refractivity (Wildman–Crippen MR) is 95.4 cm³/mol. The van der Waals surface area contributed by atoms with Gasteiger partial charge in [-0.3, -0.25) is 4.79 Å². The molecular weight excluding hydrogens is 307 g/mol. The van der Waals surface area contributed by atoms with E-state index in [1.807, 2.05) is 48.5 Å². The number of nitrogens with zero attached hydrogens (tertiary/aromatic N) is 2. The van der Waals surface area contributed by atoms with E-state index in [0.29, 0.717) is 6.54 Å². The molecular formula is C18H17N2O2P. The van der Waals surface area contributed by atoms with Crippen LogP contribution in [0, 0.1) is 0 Å². The van der Waals surface area contributed by atoms with Gasteiger partial charge < -0.3 is 4.74 Å². The second-order valence-electron chi connectivity index (χ2n) is 5.15. The van der Waals surface area contributed by atoms with Crippen molar-refractivity contribution in [1.29, 1.82) is 0 Å². The van der Waals surface area contributed by atoms with Crippen molar-refractivity contribution in [2.24, 2.45) is 0 Å². The summed E-state index contributed by atoms with van der Waals surface area (Å²) >= 11 is 0. The average Bonchev–Trinajstić information content (AvgIpc) is 2.58. The Balaban J connectivity index is 1.99. The van der Waals surface area contributed by atoms with Gasteiger partial charge in [-0.2, -0.15) is 5.10 Å². The Labute approximate surface area is 136 Å². The lowest BCUT2D eigenvalue weighted by atomic mass is 10.1. The summed E-state index contributed by atoms with van der Waals surface area (Å²) in [6, 6.07) is 18.9. The van der Waals surface area contributed by atoms with Crippen LogP contribution in [0.2, 0.25) is 0 Å². The fourth-order valence-electron chi connectivity index (χ4n) is 2.36. The molecule has 116 valence electrons. The van der Waals surface area contributed by atoms with Gasteiger partial charge in [-0.1, -0.05) is 30.3 Å². The van der Waals surface area contributed by atoms with Crippen LogP contribution >= 0.6 is 9.24 Å². The predicted octanol–water partition coefficient (Wildman–Crippen LogP) is 2.47. The molecule has 3 aromatic rings. The van der Waals surface area contributed by atoms with Crippen LogP contribution in [-0.4, -0.2) is 16.9 Å². The Kier molecular flexibility index (Phi) is 4.54. The summed E-state index contributed by atoms with van der Waals surface area (Å²) in [5, 5.41) is 5.48. The minimum absolute atomic E-state index is 0.114. The summed E-state index contributed by atoms with van der Waals surface area (Å²) in [5.74, 6) is 0.788. The Morgan fingerprint density at radius 1 is 1.09 bits per heavy atom. The van der Waals surface area contributed by atoms with E-state index in [0.717, 1.165) is 27.9 Å². The van der Waals surface area contributed by atoms with Gasteiger partial charge in [-0.05, 0) is 35.1 Å². The van der Waals surface area contributed by atoms with Crippen LogP contribution in [0.1, 0.15) is 5.56 Å². The monoisotopic (exact) mass is 324 g/mol. The highest BCUT2D eigenvalue weighted by molar-refractivity contribution is 7.28. The Morgan fingerprint density at radius 2 is 1.87 bits per heavy atom. The highest BCUT2D eigenvalue weighted by atomic mass is 31.0. The average molecular weight is 324 g/mol. The maximum absolute atomic E-state index is 12.1. The second-order valence-corrected chi connectivity index (χ2v) is 5.78. The molecule has 4 nitrogen and oxygen atoms in total. The molecule has 1 unspecified atom stereocenters. The molecule has 3 rings (SSSR count). The van der Waals surface area contributed by atoms with E-state index in [-0.39, 0.29) is 5.56 Å². The van der Waals surface area contributed by atoms with E-state index in [4.69, 9.17) is 4.74 Å². The van der Waals surface area contributed by atoms with Gasteiger partial charge in [-0.25, -0.2) is 4.68 Å². The van der Waals surface area contributed by atoms with Crippen LogP contribution in [0.3, 0.4) is 0 Å². The van der Waals surface area contributed by atoms with Gasteiger partial charge in [0.25, 0.3) is 5.56 Å². The van der Waals surface area contributed by atoms with Crippen LogP contribution in [0.5, 0.6) is 5.75 Å². The van der Waals surface area contributed by atoms with E-state index in [9.17, 15) is 4.79 Å². The van der Waals surface area contributed by atoms with Crippen molar-refractivity contribution in [2.75, 3.05) is 7.11 Å². The topological polar surface area (TPSA) is 44.1 Å². The lowest BCUT2D eigenvalue weighted by Crippen LogP contribution is -2.23. The molecule has 1 heterocycles. The first kappa shape index (κ1) is 15.4. The van der Waals surface area contributed by atoms with Crippen molar-refractivity contribution in [1.82, 2.24) is 9.78 Å². The maximum Gasteiger partial charge on any atom is 0.267 e. The number of aromatic nitrogens is 2. The third-order valence-electron chi connectivity index (χ3n) is 3.58. The molecule has 0 aliphatic carbocycles. The van der Waals surface area contributed by atoms with Crippen molar-refractivity contribution in [3.8, 4) is 17.0 Å². The van der Waals surface area contributed by atoms with Crippen molar-refractivity contribution in [2.45, 2.75) is 6.54 Å². The Hall–Kier alpha value is -2.45. The SMILES string of the molecule is COc1ccc(-c2ccc(=O)n(Cc3ccccc3)n2)c(P)c1. The van der Waals surface area contributed by atoms with Gasteiger partial charge in [0.15, 0.2) is 0 Å². The van der Waals surface area contributed by atoms with Gasteiger partial charge in [-0.15, -0.1) is 9.24 Å². The van der Waals surface area contributed by atoms with E-state index >= 15 is 0 Å². The molecule has 2 aromatic carbocycles. The standard InChI is InChI=1S/C18H17N2O2P/c1-22-14-7-8-15(17(23)11-14)16-9-10-18(21)20(19-16)12-13-5-3-2-4-6-13/h2-11H,12,23H2,1H3. The number of benzene rings is 2.